The Kier molecular flexibility index (Phi) is 2.22. The first-order valence-corrected chi connectivity index (χ1v) is 3.95. The Morgan fingerprint density at radius 3 is 2.82 bits per heavy atom. The summed E-state index contributed by atoms with van der Waals surface area (Å²) in [6.07, 6.45) is 5.51. The molecule has 1 heterocycles. The van der Waals surface area contributed by atoms with Crippen molar-refractivity contribution in [3.63, 3.8) is 0 Å². The van der Waals surface area contributed by atoms with Crippen molar-refractivity contribution in [3.8, 4) is 0 Å². The second kappa shape index (κ2) is 2.99. The normalized spacial score (nSPS) is 28.7. The zero-order chi connectivity index (χ0) is 8.32. The van der Waals surface area contributed by atoms with Crippen molar-refractivity contribution in [2.45, 2.75) is 32.4 Å². The van der Waals surface area contributed by atoms with Crippen LogP contribution in [0, 0.1) is 0 Å². The van der Waals surface area contributed by atoms with Gasteiger partial charge in [0.15, 0.2) is 5.66 Å². The van der Waals surface area contributed by atoms with Gasteiger partial charge in [0.05, 0.1) is 5.71 Å². The van der Waals surface area contributed by atoms with Gasteiger partial charge in [-0.25, -0.2) is 0 Å². The third kappa shape index (κ3) is 1.56. The molecule has 0 fully saturated rings. The van der Waals surface area contributed by atoms with Crippen LogP contribution in [0.15, 0.2) is 22.6 Å². The van der Waals surface area contributed by atoms with Crippen LogP contribution in [-0.2, 0) is 0 Å². The second-order valence-corrected chi connectivity index (χ2v) is 2.84. The van der Waals surface area contributed by atoms with Crippen molar-refractivity contribution in [1.29, 1.82) is 0 Å². The standard InChI is InChI=1S/C9H14N2/c1-4-6-9(5-2)10-7-8(3)11-9/h4,7H,1,5-6H2,2-3H3. The summed E-state index contributed by atoms with van der Waals surface area (Å²) in [6.45, 7) is 7.78. The molecule has 0 amide bonds. The molecule has 0 bridgehead atoms. The van der Waals surface area contributed by atoms with Gasteiger partial charge in [-0.2, -0.15) is 0 Å². The lowest BCUT2D eigenvalue weighted by atomic mass is 10.1. The van der Waals surface area contributed by atoms with Gasteiger partial charge in [-0.15, -0.1) is 6.58 Å². The van der Waals surface area contributed by atoms with Crippen molar-refractivity contribution in [2.24, 2.45) is 9.98 Å². The summed E-state index contributed by atoms with van der Waals surface area (Å²) in [4.78, 5) is 8.81. The molecular formula is C9H14N2. The van der Waals surface area contributed by atoms with Crippen molar-refractivity contribution < 1.29 is 0 Å². The first-order valence-electron chi connectivity index (χ1n) is 3.95. The fourth-order valence-corrected chi connectivity index (χ4v) is 1.24. The molecule has 60 valence electrons. The van der Waals surface area contributed by atoms with E-state index in [1.165, 1.54) is 0 Å². The number of rotatable bonds is 3. The molecule has 1 unspecified atom stereocenters. The quantitative estimate of drug-likeness (QED) is 0.551. The van der Waals surface area contributed by atoms with Crippen LogP contribution in [0.3, 0.4) is 0 Å². The van der Waals surface area contributed by atoms with E-state index in [9.17, 15) is 0 Å². The van der Waals surface area contributed by atoms with E-state index in [-0.39, 0.29) is 5.66 Å². The van der Waals surface area contributed by atoms with Crippen LogP contribution < -0.4 is 0 Å². The van der Waals surface area contributed by atoms with Crippen molar-refractivity contribution in [1.82, 2.24) is 0 Å². The zero-order valence-corrected chi connectivity index (χ0v) is 7.17. The lowest BCUT2D eigenvalue weighted by molar-refractivity contribution is 0.449. The van der Waals surface area contributed by atoms with Crippen LogP contribution in [0.5, 0.6) is 0 Å². The molecule has 0 spiro atoms. The molecule has 1 aliphatic heterocycles. The molecule has 0 aliphatic carbocycles. The van der Waals surface area contributed by atoms with Gasteiger partial charge < -0.3 is 0 Å². The first-order chi connectivity index (χ1) is 5.22. The maximum absolute atomic E-state index is 4.45. The van der Waals surface area contributed by atoms with E-state index >= 15 is 0 Å². The Hall–Kier alpha value is -0.920. The summed E-state index contributed by atoms with van der Waals surface area (Å²) in [5.74, 6) is 0. The molecule has 0 aromatic heterocycles. The van der Waals surface area contributed by atoms with Crippen molar-refractivity contribution in [3.05, 3.63) is 12.7 Å². The Morgan fingerprint density at radius 1 is 1.73 bits per heavy atom. The van der Waals surface area contributed by atoms with Crippen LogP contribution in [-0.4, -0.2) is 17.6 Å². The van der Waals surface area contributed by atoms with Crippen LogP contribution >= 0.6 is 0 Å². The van der Waals surface area contributed by atoms with E-state index in [0.717, 1.165) is 18.6 Å². The number of aliphatic imine (C=N–C) groups is 2. The lowest BCUT2D eigenvalue weighted by Gasteiger charge is -2.18. The maximum Gasteiger partial charge on any atom is 0.153 e. The molecule has 1 aliphatic rings. The van der Waals surface area contributed by atoms with Crippen LogP contribution in [0.1, 0.15) is 26.7 Å². The van der Waals surface area contributed by atoms with Gasteiger partial charge in [0.1, 0.15) is 0 Å². The average molecular weight is 150 g/mol. The summed E-state index contributed by atoms with van der Waals surface area (Å²) in [5, 5.41) is 0. The van der Waals surface area contributed by atoms with E-state index < -0.39 is 0 Å². The van der Waals surface area contributed by atoms with Gasteiger partial charge in [0.2, 0.25) is 0 Å². The highest BCUT2D eigenvalue weighted by atomic mass is 15.1. The topological polar surface area (TPSA) is 24.7 Å². The second-order valence-electron chi connectivity index (χ2n) is 2.84. The Labute approximate surface area is 67.8 Å². The highest BCUT2D eigenvalue weighted by molar-refractivity contribution is 6.30. The minimum atomic E-state index is -0.203. The first kappa shape index (κ1) is 8.18. The summed E-state index contributed by atoms with van der Waals surface area (Å²) in [5.41, 5.74) is 0.819. The highest BCUT2D eigenvalue weighted by Gasteiger charge is 2.26. The summed E-state index contributed by atoms with van der Waals surface area (Å²) in [7, 11) is 0. The summed E-state index contributed by atoms with van der Waals surface area (Å²) >= 11 is 0. The van der Waals surface area contributed by atoms with Gasteiger partial charge in [-0.1, -0.05) is 13.0 Å². The Morgan fingerprint density at radius 2 is 2.45 bits per heavy atom. The number of hydrogen-bond donors (Lipinski definition) is 0. The smallest absolute Gasteiger partial charge is 0.153 e. The molecule has 1 atom stereocenters. The third-order valence-electron chi connectivity index (χ3n) is 1.91. The summed E-state index contributed by atoms with van der Waals surface area (Å²) in [6, 6.07) is 0. The van der Waals surface area contributed by atoms with E-state index in [1.54, 1.807) is 0 Å². The van der Waals surface area contributed by atoms with Gasteiger partial charge in [0, 0.05) is 12.6 Å². The SMILES string of the molecule is C=CCC1(CC)N=CC(C)=N1. The van der Waals surface area contributed by atoms with Gasteiger partial charge in [-0.3, -0.25) is 9.98 Å². The molecule has 0 aromatic carbocycles. The molecule has 0 radical (unpaired) electrons. The van der Waals surface area contributed by atoms with E-state index in [4.69, 9.17) is 0 Å². The maximum atomic E-state index is 4.45. The fourth-order valence-electron chi connectivity index (χ4n) is 1.24. The highest BCUT2D eigenvalue weighted by Crippen LogP contribution is 2.25. The van der Waals surface area contributed by atoms with Crippen LogP contribution in [0.25, 0.3) is 0 Å². The van der Waals surface area contributed by atoms with Crippen molar-refractivity contribution >= 4 is 11.9 Å². The molecule has 0 saturated heterocycles. The molecule has 11 heavy (non-hydrogen) atoms. The van der Waals surface area contributed by atoms with E-state index in [0.29, 0.717) is 0 Å². The summed E-state index contributed by atoms with van der Waals surface area (Å²) < 4.78 is 0. The average Bonchev–Trinajstić information content (AvgIpc) is 2.34. The third-order valence-corrected chi connectivity index (χ3v) is 1.91. The molecule has 0 aromatic rings. The predicted octanol–water partition coefficient (Wildman–Crippen LogP) is 2.21. The molecular weight excluding hydrogens is 136 g/mol. The molecule has 1 rings (SSSR count). The minimum absolute atomic E-state index is 0.203. The van der Waals surface area contributed by atoms with Gasteiger partial charge in [0.25, 0.3) is 0 Å². The molecule has 2 nitrogen and oxygen atoms in total. The van der Waals surface area contributed by atoms with Crippen molar-refractivity contribution in [2.75, 3.05) is 0 Å². The van der Waals surface area contributed by atoms with Crippen LogP contribution in [0.2, 0.25) is 0 Å². The monoisotopic (exact) mass is 150 g/mol. The van der Waals surface area contributed by atoms with Gasteiger partial charge >= 0.3 is 0 Å². The number of nitrogens with zero attached hydrogens (tertiary/aromatic N) is 2. The fraction of sp³-hybridized carbons (Fsp3) is 0.556. The molecule has 0 saturated carbocycles. The van der Waals surface area contributed by atoms with Crippen LogP contribution in [0.4, 0.5) is 0 Å². The molecule has 0 N–H and O–H groups in total. The minimum Gasteiger partial charge on any atom is -0.261 e. The molecule has 2 heteroatoms. The zero-order valence-electron chi connectivity index (χ0n) is 7.17. The lowest BCUT2D eigenvalue weighted by Crippen LogP contribution is -2.19. The predicted molar refractivity (Wildman–Crippen MR) is 49.4 cm³/mol. The van der Waals surface area contributed by atoms with Gasteiger partial charge in [-0.05, 0) is 13.3 Å². The Balaban J connectivity index is 2.79. The largest absolute Gasteiger partial charge is 0.261 e. The van der Waals surface area contributed by atoms with E-state index in [1.807, 2.05) is 19.2 Å². The number of hydrogen-bond acceptors (Lipinski definition) is 2. The van der Waals surface area contributed by atoms with E-state index in [2.05, 4.69) is 23.5 Å². The Bertz CT molecular complexity index is 216.